The second-order valence-corrected chi connectivity index (χ2v) is 8.06. The van der Waals surface area contributed by atoms with E-state index in [9.17, 15) is 4.79 Å². The number of fused-ring (bicyclic) bond motifs is 1. The second kappa shape index (κ2) is 7.95. The second-order valence-electron chi connectivity index (χ2n) is 8.06. The molecule has 150 valence electrons. The van der Waals surface area contributed by atoms with E-state index < -0.39 is 0 Å². The molecule has 28 heavy (non-hydrogen) atoms. The maximum atomic E-state index is 12.7. The summed E-state index contributed by atoms with van der Waals surface area (Å²) in [4.78, 5) is 17.1. The highest BCUT2D eigenvalue weighted by molar-refractivity contribution is 5.92. The summed E-state index contributed by atoms with van der Waals surface area (Å²) in [7, 11) is 1.72. The number of benzene rings is 1. The van der Waals surface area contributed by atoms with Crippen LogP contribution in [-0.2, 0) is 19.6 Å². The fourth-order valence-electron chi connectivity index (χ4n) is 4.33. The summed E-state index contributed by atoms with van der Waals surface area (Å²) in [6, 6.07) is 6.36. The number of nitrogens with zero attached hydrogens (tertiary/aromatic N) is 4. The van der Waals surface area contributed by atoms with Gasteiger partial charge in [-0.3, -0.25) is 14.4 Å². The van der Waals surface area contributed by atoms with Gasteiger partial charge in [-0.25, -0.2) is 0 Å². The Hall–Kier alpha value is -2.34. The van der Waals surface area contributed by atoms with Crippen molar-refractivity contribution in [3.05, 3.63) is 46.3 Å². The SMILES string of the molecule is COc1cc(C)c(CN2CCCn3nc(C(=O)N4CCCC4)cc3C2)cc1C. The third-order valence-electron chi connectivity index (χ3n) is 5.95. The summed E-state index contributed by atoms with van der Waals surface area (Å²) in [5, 5.41) is 4.63. The summed E-state index contributed by atoms with van der Waals surface area (Å²) < 4.78 is 7.48. The van der Waals surface area contributed by atoms with Crippen LogP contribution in [0.3, 0.4) is 0 Å². The van der Waals surface area contributed by atoms with Crippen LogP contribution >= 0.6 is 0 Å². The van der Waals surface area contributed by atoms with Crippen molar-refractivity contribution in [1.29, 1.82) is 0 Å². The Morgan fingerprint density at radius 2 is 1.82 bits per heavy atom. The first-order chi connectivity index (χ1) is 13.5. The van der Waals surface area contributed by atoms with Crippen LogP contribution in [-0.4, -0.2) is 52.2 Å². The lowest BCUT2D eigenvalue weighted by Crippen LogP contribution is -2.28. The van der Waals surface area contributed by atoms with E-state index in [0.29, 0.717) is 5.69 Å². The van der Waals surface area contributed by atoms with Gasteiger partial charge in [-0.15, -0.1) is 0 Å². The van der Waals surface area contributed by atoms with Crippen molar-refractivity contribution in [3.63, 3.8) is 0 Å². The van der Waals surface area contributed by atoms with Gasteiger partial charge in [0.05, 0.1) is 12.8 Å². The van der Waals surface area contributed by atoms with Gasteiger partial charge in [0.2, 0.25) is 0 Å². The van der Waals surface area contributed by atoms with Gasteiger partial charge in [0, 0.05) is 39.3 Å². The van der Waals surface area contributed by atoms with E-state index in [-0.39, 0.29) is 5.91 Å². The molecule has 3 heterocycles. The van der Waals surface area contributed by atoms with E-state index >= 15 is 0 Å². The van der Waals surface area contributed by atoms with Crippen molar-refractivity contribution in [3.8, 4) is 5.75 Å². The van der Waals surface area contributed by atoms with Gasteiger partial charge in [0.1, 0.15) is 5.75 Å². The van der Waals surface area contributed by atoms with Gasteiger partial charge in [0.25, 0.3) is 5.91 Å². The van der Waals surface area contributed by atoms with Crippen LogP contribution in [0.25, 0.3) is 0 Å². The van der Waals surface area contributed by atoms with Crippen LogP contribution in [0.4, 0.5) is 0 Å². The molecule has 1 aromatic heterocycles. The molecular weight excluding hydrogens is 352 g/mol. The molecule has 2 aromatic rings. The number of rotatable bonds is 4. The number of ether oxygens (including phenoxy) is 1. The van der Waals surface area contributed by atoms with Crippen LogP contribution in [0, 0.1) is 13.8 Å². The van der Waals surface area contributed by atoms with E-state index in [1.54, 1.807) is 7.11 Å². The molecule has 1 amide bonds. The predicted molar refractivity (Wildman–Crippen MR) is 109 cm³/mol. The predicted octanol–water partition coefficient (Wildman–Crippen LogP) is 3.15. The molecule has 1 saturated heterocycles. The monoisotopic (exact) mass is 382 g/mol. The Kier molecular flexibility index (Phi) is 5.40. The zero-order valence-electron chi connectivity index (χ0n) is 17.2. The van der Waals surface area contributed by atoms with Crippen LogP contribution in [0.15, 0.2) is 18.2 Å². The number of methoxy groups -OCH3 is 1. The van der Waals surface area contributed by atoms with Crippen molar-refractivity contribution in [2.45, 2.75) is 52.7 Å². The molecule has 1 fully saturated rings. The molecular formula is C22H30N4O2. The van der Waals surface area contributed by atoms with E-state index in [4.69, 9.17) is 4.74 Å². The van der Waals surface area contributed by atoms with Gasteiger partial charge >= 0.3 is 0 Å². The smallest absolute Gasteiger partial charge is 0.274 e. The highest BCUT2D eigenvalue weighted by atomic mass is 16.5. The number of hydrogen-bond donors (Lipinski definition) is 0. The average Bonchev–Trinajstić information content (AvgIpc) is 3.31. The lowest BCUT2D eigenvalue weighted by atomic mass is 10.0. The van der Waals surface area contributed by atoms with Gasteiger partial charge in [-0.1, -0.05) is 6.07 Å². The van der Waals surface area contributed by atoms with Crippen LogP contribution in [0.1, 0.15) is 52.1 Å². The number of amides is 1. The summed E-state index contributed by atoms with van der Waals surface area (Å²) in [5.74, 6) is 1.03. The van der Waals surface area contributed by atoms with Crippen LogP contribution in [0.2, 0.25) is 0 Å². The molecule has 1 aromatic carbocycles. The molecule has 0 aliphatic carbocycles. The zero-order valence-corrected chi connectivity index (χ0v) is 17.2. The highest BCUT2D eigenvalue weighted by Crippen LogP contribution is 2.25. The minimum atomic E-state index is 0.0891. The molecule has 6 heteroatoms. The molecule has 6 nitrogen and oxygen atoms in total. The number of aromatic nitrogens is 2. The first-order valence-electron chi connectivity index (χ1n) is 10.3. The Morgan fingerprint density at radius 3 is 2.57 bits per heavy atom. The molecule has 0 bridgehead atoms. The maximum absolute atomic E-state index is 12.7. The molecule has 0 saturated carbocycles. The number of carbonyl (C=O) groups excluding carboxylic acids is 1. The van der Waals surface area contributed by atoms with Crippen LogP contribution in [0.5, 0.6) is 5.75 Å². The fraction of sp³-hybridized carbons (Fsp3) is 0.545. The first kappa shape index (κ1) is 19.0. The fourth-order valence-corrected chi connectivity index (χ4v) is 4.33. The zero-order chi connectivity index (χ0) is 19.7. The van der Waals surface area contributed by atoms with Crippen LogP contribution < -0.4 is 4.74 Å². The molecule has 4 rings (SSSR count). The summed E-state index contributed by atoms with van der Waals surface area (Å²) in [5.41, 5.74) is 5.50. The number of likely N-dealkylation sites (tertiary alicyclic amines) is 1. The van der Waals surface area contributed by atoms with Crippen molar-refractivity contribution in [1.82, 2.24) is 19.6 Å². The standard InChI is InChI=1S/C22H30N4O2/c1-16-12-21(28-3)17(2)11-18(16)14-24-7-6-10-26-19(15-24)13-20(23-26)22(27)25-8-4-5-9-25/h11-13H,4-10,14-15H2,1-3H3. The summed E-state index contributed by atoms with van der Waals surface area (Å²) >= 11 is 0. The lowest BCUT2D eigenvalue weighted by Gasteiger charge is -2.21. The average molecular weight is 383 g/mol. The lowest BCUT2D eigenvalue weighted by molar-refractivity contribution is 0.0786. The quantitative estimate of drug-likeness (QED) is 0.815. The largest absolute Gasteiger partial charge is 0.496 e. The molecule has 2 aliphatic rings. The molecule has 0 unspecified atom stereocenters. The third-order valence-corrected chi connectivity index (χ3v) is 5.95. The number of carbonyl (C=O) groups is 1. The van der Waals surface area contributed by atoms with E-state index in [0.717, 1.165) is 70.0 Å². The van der Waals surface area contributed by atoms with Gasteiger partial charge in [-0.05, 0) is 61.9 Å². The van der Waals surface area contributed by atoms with E-state index in [2.05, 4.69) is 36.0 Å². The topological polar surface area (TPSA) is 50.6 Å². The van der Waals surface area contributed by atoms with Crippen molar-refractivity contribution in [2.24, 2.45) is 0 Å². The molecule has 0 atom stereocenters. The molecule has 0 radical (unpaired) electrons. The molecule has 0 spiro atoms. The minimum Gasteiger partial charge on any atom is -0.496 e. The summed E-state index contributed by atoms with van der Waals surface area (Å²) in [6.07, 6.45) is 3.25. The molecule has 0 N–H and O–H groups in total. The molecule has 2 aliphatic heterocycles. The van der Waals surface area contributed by atoms with Crippen molar-refractivity contribution >= 4 is 5.91 Å². The number of hydrogen-bond acceptors (Lipinski definition) is 4. The Balaban J connectivity index is 1.50. The third kappa shape index (κ3) is 3.78. The Bertz CT molecular complexity index is 868. The summed E-state index contributed by atoms with van der Waals surface area (Å²) in [6.45, 7) is 9.60. The Morgan fingerprint density at radius 1 is 1.04 bits per heavy atom. The number of aryl methyl sites for hydroxylation is 3. The normalized spacial score (nSPS) is 17.5. The highest BCUT2D eigenvalue weighted by Gasteiger charge is 2.25. The van der Waals surface area contributed by atoms with Gasteiger partial charge in [-0.2, -0.15) is 5.10 Å². The Labute approximate surface area is 167 Å². The van der Waals surface area contributed by atoms with E-state index in [1.165, 1.54) is 16.7 Å². The van der Waals surface area contributed by atoms with Crippen molar-refractivity contribution in [2.75, 3.05) is 26.7 Å². The van der Waals surface area contributed by atoms with Gasteiger partial charge in [0.15, 0.2) is 5.69 Å². The van der Waals surface area contributed by atoms with Crippen molar-refractivity contribution < 1.29 is 9.53 Å². The van der Waals surface area contributed by atoms with E-state index in [1.807, 2.05) is 15.6 Å². The maximum Gasteiger partial charge on any atom is 0.274 e. The minimum absolute atomic E-state index is 0.0891. The van der Waals surface area contributed by atoms with Gasteiger partial charge < -0.3 is 9.64 Å². The first-order valence-corrected chi connectivity index (χ1v) is 10.3.